The van der Waals surface area contributed by atoms with Crippen molar-refractivity contribution < 1.29 is 0 Å². The Morgan fingerprint density at radius 2 is 2.15 bits per heavy atom. The molecule has 1 aliphatic carbocycles. The van der Waals surface area contributed by atoms with Crippen molar-refractivity contribution in [2.45, 2.75) is 25.8 Å². The lowest BCUT2D eigenvalue weighted by Gasteiger charge is -2.08. The molecule has 0 aliphatic heterocycles. The van der Waals surface area contributed by atoms with E-state index < -0.39 is 0 Å². The Kier molecular flexibility index (Phi) is 2.00. The van der Waals surface area contributed by atoms with Gasteiger partial charge in [-0.2, -0.15) is 0 Å². The molecule has 70 valence electrons. The molecule has 1 aromatic rings. The van der Waals surface area contributed by atoms with Gasteiger partial charge in [-0.25, -0.2) is 9.97 Å². The van der Waals surface area contributed by atoms with E-state index in [1.54, 1.807) is 6.92 Å². The van der Waals surface area contributed by atoms with Crippen LogP contribution in [0.15, 0.2) is 0 Å². The van der Waals surface area contributed by atoms with Gasteiger partial charge in [0.2, 0.25) is 0 Å². The van der Waals surface area contributed by atoms with Gasteiger partial charge in [-0.3, -0.25) is 0 Å². The molecule has 1 aliphatic rings. The van der Waals surface area contributed by atoms with Crippen molar-refractivity contribution in [1.82, 2.24) is 9.97 Å². The summed E-state index contributed by atoms with van der Waals surface area (Å²) in [5.41, 5.74) is 6.15. The fourth-order valence-corrected chi connectivity index (χ4v) is 1.29. The minimum Gasteiger partial charge on any atom is -0.393 e. The fraction of sp³-hybridized carbons (Fsp3) is 0.500. The summed E-state index contributed by atoms with van der Waals surface area (Å²) in [7, 11) is 0. The van der Waals surface area contributed by atoms with Gasteiger partial charge >= 0.3 is 0 Å². The van der Waals surface area contributed by atoms with Gasteiger partial charge in [-0.05, 0) is 19.8 Å². The summed E-state index contributed by atoms with van der Waals surface area (Å²) in [5, 5.41) is 3.53. The molecule has 4 nitrogen and oxygen atoms in total. The molecule has 0 amide bonds. The lowest BCUT2D eigenvalue weighted by atomic mass is 10.4. The van der Waals surface area contributed by atoms with Crippen molar-refractivity contribution in [2.24, 2.45) is 0 Å². The van der Waals surface area contributed by atoms with E-state index in [1.807, 2.05) is 0 Å². The van der Waals surface area contributed by atoms with Crippen LogP contribution in [0.4, 0.5) is 11.5 Å². The van der Waals surface area contributed by atoms with E-state index in [1.165, 1.54) is 12.8 Å². The number of nitrogens with two attached hydrogens (primary N) is 1. The highest BCUT2D eigenvalue weighted by atomic mass is 35.5. The molecule has 1 saturated carbocycles. The normalized spacial score (nSPS) is 15.8. The highest BCUT2D eigenvalue weighted by molar-refractivity contribution is 6.32. The maximum Gasteiger partial charge on any atom is 0.157 e. The van der Waals surface area contributed by atoms with Crippen LogP contribution in [0.5, 0.6) is 0 Å². The van der Waals surface area contributed by atoms with Crippen molar-refractivity contribution >= 4 is 23.1 Å². The van der Waals surface area contributed by atoms with Crippen LogP contribution in [-0.4, -0.2) is 16.0 Å². The molecular formula is C8H11ClN4. The van der Waals surface area contributed by atoms with Crippen LogP contribution in [0.3, 0.4) is 0 Å². The molecule has 13 heavy (non-hydrogen) atoms. The van der Waals surface area contributed by atoms with E-state index in [4.69, 9.17) is 17.3 Å². The third kappa shape index (κ3) is 1.83. The average Bonchev–Trinajstić information content (AvgIpc) is 2.83. The minimum atomic E-state index is 0.329. The van der Waals surface area contributed by atoms with Crippen molar-refractivity contribution in [3.63, 3.8) is 0 Å². The SMILES string of the molecule is Cc1nc(Cl)c(N)c(NC2CC2)n1. The number of aryl methyl sites for hydroxylation is 1. The van der Waals surface area contributed by atoms with Gasteiger partial charge in [0.1, 0.15) is 11.5 Å². The van der Waals surface area contributed by atoms with Crippen LogP contribution in [0.25, 0.3) is 0 Å². The number of anilines is 2. The van der Waals surface area contributed by atoms with Crippen LogP contribution in [0.1, 0.15) is 18.7 Å². The van der Waals surface area contributed by atoms with Gasteiger partial charge in [0.05, 0.1) is 0 Å². The first kappa shape index (κ1) is 8.56. The first-order chi connectivity index (χ1) is 6.16. The molecule has 0 aromatic carbocycles. The van der Waals surface area contributed by atoms with Crippen molar-refractivity contribution in [2.75, 3.05) is 11.1 Å². The molecule has 1 heterocycles. The molecule has 5 heteroatoms. The minimum absolute atomic E-state index is 0.329. The lowest BCUT2D eigenvalue weighted by Crippen LogP contribution is -2.08. The van der Waals surface area contributed by atoms with Gasteiger partial charge in [-0.15, -0.1) is 0 Å². The van der Waals surface area contributed by atoms with Crippen molar-refractivity contribution in [3.05, 3.63) is 11.0 Å². The Hall–Kier alpha value is -1.03. The molecule has 0 atom stereocenters. The molecule has 3 N–H and O–H groups in total. The van der Waals surface area contributed by atoms with Gasteiger partial charge in [0.15, 0.2) is 11.0 Å². The van der Waals surface area contributed by atoms with Crippen molar-refractivity contribution in [3.8, 4) is 0 Å². The predicted octanol–water partition coefficient (Wildman–Crippen LogP) is 1.59. The summed E-state index contributed by atoms with van der Waals surface area (Å²) in [6, 6.07) is 0.521. The van der Waals surface area contributed by atoms with Crippen LogP contribution in [-0.2, 0) is 0 Å². The highest BCUT2D eigenvalue weighted by Crippen LogP contribution is 2.29. The Morgan fingerprint density at radius 3 is 2.77 bits per heavy atom. The number of nitrogens with one attached hydrogen (secondary N) is 1. The maximum absolute atomic E-state index is 5.81. The van der Waals surface area contributed by atoms with Gasteiger partial charge in [0, 0.05) is 6.04 Å². The highest BCUT2D eigenvalue weighted by Gasteiger charge is 2.23. The van der Waals surface area contributed by atoms with Crippen molar-refractivity contribution in [1.29, 1.82) is 0 Å². The molecule has 0 unspecified atom stereocenters. The van der Waals surface area contributed by atoms with E-state index in [9.17, 15) is 0 Å². The van der Waals surface area contributed by atoms with Crippen LogP contribution >= 0.6 is 11.6 Å². The second-order valence-electron chi connectivity index (χ2n) is 3.24. The van der Waals surface area contributed by atoms with Crippen LogP contribution < -0.4 is 11.1 Å². The average molecular weight is 199 g/mol. The largest absolute Gasteiger partial charge is 0.393 e. The van der Waals surface area contributed by atoms with E-state index >= 15 is 0 Å². The fourth-order valence-electron chi connectivity index (χ4n) is 1.08. The molecular weight excluding hydrogens is 188 g/mol. The summed E-state index contributed by atoms with van der Waals surface area (Å²) in [4.78, 5) is 8.13. The monoisotopic (exact) mass is 198 g/mol. The van der Waals surface area contributed by atoms with E-state index in [-0.39, 0.29) is 0 Å². The van der Waals surface area contributed by atoms with Crippen LogP contribution in [0, 0.1) is 6.92 Å². The quantitative estimate of drug-likeness (QED) is 0.709. The zero-order valence-corrected chi connectivity index (χ0v) is 8.10. The smallest absolute Gasteiger partial charge is 0.157 e. The number of hydrogen-bond acceptors (Lipinski definition) is 4. The lowest BCUT2D eigenvalue weighted by molar-refractivity contribution is 1.03. The Balaban J connectivity index is 2.30. The third-order valence-corrected chi connectivity index (χ3v) is 2.22. The first-order valence-electron chi connectivity index (χ1n) is 4.23. The van der Waals surface area contributed by atoms with Gasteiger partial charge in [-0.1, -0.05) is 11.6 Å². The predicted molar refractivity (Wildman–Crippen MR) is 52.8 cm³/mol. The number of halogens is 1. The Bertz CT molecular complexity index is 335. The number of hydrogen-bond donors (Lipinski definition) is 2. The summed E-state index contributed by atoms with van der Waals surface area (Å²) >= 11 is 5.81. The standard InChI is InChI=1S/C8H11ClN4/c1-4-11-7(9)6(10)8(12-4)13-5-2-3-5/h5H,2-3,10H2,1H3,(H,11,12,13). The van der Waals surface area contributed by atoms with E-state index in [0.29, 0.717) is 28.5 Å². The third-order valence-electron chi connectivity index (χ3n) is 1.93. The van der Waals surface area contributed by atoms with Gasteiger partial charge in [0.25, 0.3) is 0 Å². The van der Waals surface area contributed by atoms with E-state index in [0.717, 1.165) is 0 Å². The summed E-state index contributed by atoms with van der Waals surface area (Å²) < 4.78 is 0. The first-order valence-corrected chi connectivity index (χ1v) is 4.61. The number of aromatic nitrogens is 2. The molecule has 1 fully saturated rings. The zero-order chi connectivity index (χ0) is 9.42. The maximum atomic E-state index is 5.81. The Morgan fingerprint density at radius 1 is 1.46 bits per heavy atom. The van der Waals surface area contributed by atoms with Gasteiger partial charge < -0.3 is 11.1 Å². The topological polar surface area (TPSA) is 63.8 Å². The number of nitrogen functional groups attached to an aromatic ring is 1. The molecule has 0 spiro atoms. The summed E-state index contributed by atoms with van der Waals surface area (Å²) in [5.74, 6) is 1.31. The second kappa shape index (κ2) is 3.03. The summed E-state index contributed by atoms with van der Waals surface area (Å²) in [6.45, 7) is 1.80. The molecule has 0 saturated heterocycles. The molecule has 2 rings (SSSR count). The van der Waals surface area contributed by atoms with Crippen LogP contribution in [0.2, 0.25) is 5.15 Å². The number of rotatable bonds is 2. The number of nitrogens with zero attached hydrogens (tertiary/aromatic N) is 2. The molecule has 1 aromatic heterocycles. The molecule has 0 bridgehead atoms. The van der Waals surface area contributed by atoms with E-state index in [2.05, 4.69) is 15.3 Å². The second-order valence-corrected chi connectivity index (χ2v) is 3.60. The summed E-state index contributed by atoms with van der Waals surface area (Å²) in [6.07, 6.45) is 2.36. The molecule has 0 radical (unpaired) electrons. The Labute approximate surface area is 81.5 Å². The zero-order valence-electron chi connectivity index (χ0n) is 7.34.